The number of allylic oxidation sites excluding steroid dienone is 1. The molecule has 1 aromatic heterocycles. The summed E-state index contributed by atoms with van der Waals surface area (Å²) in [5.41, 5.74) is 1.99. The van der Waals surface area contributed by atoms with Gasteiger partial charge in [-0.1, -0.05) is 18.2 Å². The lowest BCUT2D eigenvalue weighted by Gasteiger charge is -2.13. The summed E-state index contributed by atoms with van der Waals surface area (Å²) >= 11 is 0. The summed E-state index contributed by atoms with van der Waals surface area (Å²) in [6.45, 7) is 1.50. The second-order valence-electron chi connectivity index (χ2n) is 6.10. The van der Waals surface area contributed by atoms with Gasteiger partial charge in [0.15, 0.2) is 17.3 Å². The average Bonchev–Trinajstić information content (AvgIpc) is 3.09. The normalized spacial score (nSPS) is 11.0. The van der Waals surface area contributed by atoms with E-state index in [0.29, 0.717) is 22.8 Å². The van der Waals surface area contributed by atoms with Crippen molar-refractivity contribution in [1.29, 1.82) is 0 Å². The highest BCUT2D eigenvalue weighted by atomic mass is 16.5. The summed E-state index contributed by atoms with van der Waals surface area (Å²) in [5.74, 6) is 0.930. The van der Waals surface area contributed by atoms with Crippen LogP contribution in [0.25, 0.3) is 17.0 Å². The SMILES string of the molecule is COc1cc(C(=O)/C=C/c2cn(C(C)=O)c3ccccc23)cc(OC)c1OC. The Bertz CT molecular complexity index is 1050. The summed E-state index contributed by atoms with van der Waals surface area (Å²) in [5, 5.41) is 0.895. The fraction of sp³-hybridized carbons (Fsp3) is 0.182. The van der Waals surface area contributed by atoms with Gasteiger partial charge in [-0.05, 0) is 30.4 Å². The van der Waals surface area contributed by atoms with Gasteiger partial charge in [0.1, 0.15) is 0 Å². The lowest BCUT2D eigenvalue weighted by atomic mass is 10.1. The van der Waals surface area contributed by atoms with Gasteiger partial charge < -0.3 is 14.2 Å². The van der Waals surface area contributed by atoms with Crippen LogP contribution in [0.2, 0.25) is 0 Å². The van der Waals surface area contributed by atoms with E-state index >= 15 is 0 Å². The molecule has 0 radical (unpaired) electrons. The van der Waals surface area contributed by atoms with Crippen molar-refractivity contribution in [3.63, 3.8) is 0 Å². The molecule has 0 aliphatic heterocycles. The number of methoxy groups -OCH3 is 3. The average molecular weight is 379 g/mol. The van der Waals surface area contributed by atoms with Gasteiger partial charge in [0.05, 0.1) is 26.8 Å². The standard InChI is InChI=1S/C22H21NO5/c1-14(24)23-13-15(17-7-5-6-8-18(17)23)9-10-19(25)16-11-20(26-2)22(28-4)21(12-16)27-3/h5-13H,1-4H3/b10-9+. The molecule has 0 N–H and O–H groups in total. The van der Waals surface area contributed by atoms with Gasteiger partial charge in [0.2, 0.25) is 11.7 Å². The molecule has 1 heterocycles. The van der Waals surface area contributed by atoms with Crippen LogP contribution in [-0.2, 0) is 0 Å². The zero-order valence-corrected chi connectivity index (χ0v) is 16.2. The lowest BCUT2D eigenvalue weighted by molar-refractivity contribution is 0.0941. The Morgan fingerprint density at radius 2 is 1.61 bits per heavy atom. The monoisotopic (exact) mass is 379 g/mol. The summed E-state index contributed by atoms with van der Waals surface area (Å²) in [6.07, 6.45) is 4.90. The number of para-hydroxylation sites is 1. The molecule has 3 aromatic rings. The first-order chi connectivity index (χ1) is 13.5. The van der Waals surface area contributed by atoms with E-state index in [-0.39, 0.29) is 11.7 Å². The molecule has 0 saturated heterocycles. The van der Waals surface area contributed by atoms with Gasteiger partial charge in [-0.2, -0.15) is 0 Å². The molecule has 144 valence electrons. The first kappa shape index (κ1) is 19.2. The highest BCUT2D eigenvalue weighted by molar-refractivity contribution is 6.09. The second-order valence-corrected chi connectivity index (χ2v) is 6.10. The summed E-state index contributed by atoms with van der Waals surface area (Å²) < 4.78 is 17.4. The Balaban J connectivity index is 1.99. The van der Waals surface area contributed by atoms with Crippen molar-refractivity contribution in [2.75, 3.05) is 21.3 Å². The molecule has 0 aliphatic carbocycles. The molecule has 0 aliphatic rings. The Kier molecular flexibility index (Phi) is 5.49. The van der Waals surface area contributed by atoms with Crippen LogP contribution < -0.4 is 14.2 Å². The Labute approximate surface area is 162 Å². The number of carbonyl (C=O) groups is 2. The lowest BCUT2D eigenvalue weighted by Crippen LogP contribution is -2.02. The summed E-state index contributed by atoms with van der Waals surface area (Å²) in [7, 11) is 4.50. The fourth-order valence-electron chi connectivity index (χ4n) is 3.08. The maximum absolute atomic E-state index is 12.7. The molecule has 0 amide bonds. The minimum Gasteiger partial charge on any atom is -0.493 e. The number of nitrogens with zero attached hydrogens (tertiary/aromatic N) is 1. The van der Waals surface area contributed by atoms with Crippen LogP contribution in [0.4, 0.5) is 0 Å². The van der Waals surface area contributed by atoms with E-state index in [1.54, 1.807) is 29.0 Å². The van der Waals surface area contributed by atoms with Crippen molar-refractivity contribution < 1.29 is 23.8 Å². The molecule has 0 fully saturated rings. The molecule has 28 heavy (non-hydrogen) atoms. The van der Waals surface area contributed by atoms with E-state index in [1.807, 2.05) is 24.3 Å². The van der Waals surface area contributed by atoms with Crippen LogP contribution in [0.5, 0.6) is 17.2 Å². The van der Waals surface area contributed by atoms with E-state index < -0.39 is 0 Å². The van der Waals surface area contributed by atoms with Crippen molar-refractivity contribution in [2.24, 2.45) is 0 Å². The van der Waals surface area contributed by atoms with Crippen LogP contribution in [0.1, 0.15) is 27.6 Å². The predicted octanol–water partition coefficient (Wildman–Crippen LogP) is 4.22. The maximum Gasteiger partial charge on any atom is 0.227 e. The van der Waals surface area contributed by atoms with Gasteiger partial charge in [-0.15, -0.1) is 0 Å². The zero-order chi connectivity index (χ0) is 20.3. The van der Waals surface area contributed by atoms with Crippen LogP contribution in [-0.4, -0.2) is 37.6 Å². The minimum atomic E-state index is -0.223. The number of ketones is 1. The topological polar surface area (TPSA) is 66.8 Å². The number of hydrogen-bond donors (Lipinski definition) is 0. The fourth-order valence-corrected chi connectivity index (χ4v) is 3.08. The molecule has 0 atom stereocenters. The molecule has 6 heteroatoms. The smallest absolute Gasteiger partial charge is 0.227 e. The summed E-state index contributed by atoms with van der Waals surface area (Å²) in [4.78, 5) is 24.6. The van der Waals surface area contributed by atoms with Crippen molar-refractivity contribution in [3.05, 3.63) is 59.8 Å². The third-order valence-corrected chi connectivity index (χ3v) is 4.45. The predicted molar refractivity (Wildman–Crippen MR) is 108 cm³/mol. The van der Waals surface area contributed by atoms with Gasteiger partial charge in [-0.3, -0.25) is 14.2 Å². The third-order valence-electron chi connectivity index (χ3n) is 4.45. The number of fused-ring (bicyclic) bond motifs is 1. The Morgan fingerprint density at radius 3 is 2.18 bits per heavy atom. The van der Waals surface area contributed by atoms with Crippen LogP contribution in [0.15, 0.2) is 48.7 Å². The number of benzene rings is 2. The largest absolute Gasteiger partial charge is 0.493 e. The van der Waals surface area contributed by atoms with Crippen molar-refractivity contribution >= 4 is 28.7 Å². The van der Waals surface area contributed by atoms with Gasteiger partial charge in [0.25, 0.3) is 0 Å². The minimum absolute atomic E-state index is 0.0909. The second kappa shape index (κ2) is 8.00. The molecule has 0 bridgehead atoms. The Hall–Kier alpha value is -3.54. The highest BCUT2D eigenvalue weighted by Crippen LogP contribution is 2.38. The van der Waals surface area contributed by atoms with E-state index in [2.05, 4.69) is 0 Å². The molecule has 6 nitrogen and oxygen atoms in total. The molecule has 2 aromatic carbocycles. The molecule has 0 saturated carbocycles. The maximum atomic E-state index is 12.7. The number of hydrogen-bond acceptors (Lipinski definition) is 5. The van der Waals surface area contributed by atoms with E-state index in [1.165, 1.54) is 34.3 Å². The number of rotatable bonds is 6. The molecule has 0 spiro atoms. The number of carbonyl (C=O) groups excluding carboxylic acids is 2. The molecule has 0 unspecified atom stereocenters. The van der Waals surface area contributed by atoms with Gasteiger partial charge in [-0.25, -0.2) is 0 Å². The van der Waals surface area contributed by atoms with Crippen LogP contribution >= 0.6 is 0 Å². The summed E-state index contributed by atoms with van der Waals surface area (Å²) in [6, 6.07) is 10.8. The molecular weight excluding hydrogens is 358 g/mol. The molecule has 3 rings (SSSR count). The van der Waals surface area contributed by atoms with E-state index in [4.69, 9.17) is 14.2 Å². The Morgan fingerprint density at radius 1 is 0.964 bits per heavy atom. The van der Waals surface area contributed by atoms with E-state index in [9.17, 15) is 9.59 Å². The van der Waals surface area contributed by atoms with Crippen LogP contribution in [0.3, 0.4) is 0 Å². The van der Waals surface area contributed by atoms with Crippen molar-refractivity contribution in [2.45, 2.75) is 6.92 Å². The zero-order valence-electron chi connectivity index (χ0n) is 16.2. The van der Waals surface area contributed by atoms with Crippen LogP contribution in [0, 0.1) is 0 Å². The van der Waals surface area contributed by atoms with Gasteiger partial charge in [0, 0.05) is 29.6 Å². The van der Waals surface area contributed by atoms with Crippen molar-refractivity contribution in [1.82, 2.24) is 4.57 Å². The van der Waals surface area contributed by atoms with Crippen molar-refractivity contribution in [3.8, 4) is 17.2 Å². The third kappa shape index (κ3) is 3.49. The number of aromatic nitrogens is 1. The van der Waals surface area contributed by atoms with E-state index in [0.717, 1.165) is 16.5 Å². The van der Waals surface area contributed by atoms with Gasteiger partial charge >= 0.3 is 0 Å². The number of ether oxygens (including phenoxy) is 3. The first-order valence-electron chi connectivity index (χ1n) is 8.63. The highest BCUT2D eigenvalue weighted by Gasteiger charge is 2.16. The first-order valence-corrected chi connectivity index (χ1v) is 8.63. The quantitative estimate of drug-likeness (QED) is 0.474. The molecular formula is C22H21NO5.